The lowest BCUT2D eigenvalue weighted by molar-refractivity contribution is 0.171. The van der Waals surface area contributed by atoms with Gasteiger partial charge in [0, 0.05) is 35.7 Å². The molecule has 2 aliphatic heterocycles. The van der Waals surface area contributed by atoms with Crippen molar-refractivity contribution in [3.63, 3.8) is 0 Å². The van der Waals surface area contributed by atoms with Crippen LogP contribution in [0.3, 0.4) is 0 Å². The van der Waals surface area contributed by atoms with Gasteiger partial charge in [-0.25, -0.2) is 4.98 Å². The van der Waals surface area contributed by atoms with Crippen LogP contribution in [0.1, 0.15) is 56.5 Å². The molecular formula is C24H31N5O3. The first-order valence-electron chi connectivity index (χ1n) is 11.2. The lowest BCUT2D eigenvalue weighted by atomic mass is 9.92. The minimum Gasteiger partial charge on any atom is -0.493 e. The number of fused-ring (bicyclic) bond motifs is 2. The second-order valence-electron chi connectivity index (χ2n) is 9.74. The van der Waals surface area contributed by atoms with Crippen LogP contribution in [0.4, 0.5) is 5.82 Å². The molecule has 170 valence electrons. The van der Waals surface area contributed by atoms with Gasteiger partial charge in [0.15, 0.2) is 17.1 Å². The molecule has 1 fully saturated rings. The number of piperidine rings is 1. The zero-order chi connectivity index (χ0) is 22.5. The molecule has 1 saturated heterocycles. The molecule has 8 nitrogen and oxygen atoms in total. The standard InChI is InChI=1S/C24H31N5O3/c1-24(2,3)20-12-22-26-17(11-21(25)29(22)27-20)16-5-7-28(8-6-16)13-15-9-18(30-4)23-19(10-15)31-14-32-23/h9-12,16H,5-8,13-14,25H2,1-4H3. The number of hydrogen-bond acceptors (Lipinski definition) is 7. The van der Waals surface area contributed by atoms with Crippen LogP contribution in [0, 0.1) is 0 Å². The number of rotatable bonds is 4. The number of nitrogen functional groups attached to an aromatic ring is 1. The third-order valence-electron chi connectivity index (χ3n) is 6.37. The van der Waals surface area contributed by atoms with E-state index in [4.69, 9.17) is 24.9 Å². The van der Waals surface area contributed by atoms with E-state index in [1.807, 2.05) is 12.1 Å². The highest BCUT2D eigenvalue weighted by molar-refractivity contribution is 5.55. The Morgan fingerprint density at radius 3 is 2.62 bits per heavy atom. The fourth-order valence-electron chi connectivity index (χ4n) is 4.51. The number of nitrogens with zero attached hydrogens (tertiary/aromatic N) is 4. The zero-order valence-corrected chi connectivity index (χ0v) is 19.2. The van der Waals surface area contributed by atoms with Crippen LogP contribution in [-0.2, 0) is 12.0 Å². The predicted octanol–water partition coefficient (Wildman–Crippen LogP) is 3.73. The van der Waals surface area contributed by atoms with Gasteiger partial charge in [0.1, 0.15) is 5.82 Å². The molecule has 4 heterocycles. The summed E-state index contributed by atoms with van der Waals surface area (Å²) in [6.45, 7) is 9.55. The second-order valence-corrected chi connectivity index (χ2v) is 9.74. The highest BCUT2D eigenvalue weighted by atomic mass is 16.7. The number of methoxy groups -OCH3 is 1. The van der Waals surface area contributed by atoms with E-state index in [1.165, 1.54) is 5.56 Å². The summed E-state index contributed by atoms with van der Waals surface area (Å²) in [5.74, 6) is 3.24. The largest absolute Gasteiger partial charge is 0.493 e. The Bertz CT molecular complexity index is 1140. The Balaban J connectivity index is 1.28. The first kappa shape index (κ1) is 20.9. The monoisotopic (exact) mass is 437 g/mol. The van der Waals surface area contributed by atoms with E-state index in [9.17, 15) is 0 Å². The molecule has 0 unspecified atom stereocenters. The number of nitrogens with two attached hydrogens (primary N) is 1. The summed E-state index contributed by atoms with van der Waals surface area (Å²) in [6, 6.07) is 8.15. The smallest absolute Gasteiger partial charge is 0.231 e. The number of anilines is 1. The average Bonchev–Trinajstić information content (AvgIpc) is 3.41. The molecule has 0 spiro atoms. The lowest BCUT2D eigenvalue weighted by Crippen LogP contribution is -2.32. The Hall–Kier alpha value is -3.00. The summed E-state index contributed by atoms with van der Waals surface area (Å²) in [6.07, 6.45) is 2.09. The highest BCUT2D eigenvalue weighted by Gasteiger charge is 2.26. The topological polar surface area (TPSA) is 87.1 Å². The molecule has 2 aromatic heterocycles. The van der Waals surface area contributed by atoms with Gasteiger partial charge in [-0.05, 0) is 43.6 Å². The van der Waals surface area contributed by atoms with Crippen molar-refractivity contribution in [1.29, 1.82) is 0 Å². The van der Waals surface area contributed by atoms with Gasteiger partial charge < -0.3 is 19.9 Å². The maximum Gasteiger partial charge on any atom is 0.231 e. The van der Waals surface area contributed by atoms with Crippen molar-refractivity contribution in [2.75, 3.05) is 32.7 Å². The fourth-order valence-corrected chi connectivity index (χ4v) is 4.51. The van der Waals surface area contributed by atoms with Gasteiger partial charge in [-0.1, -0.05) is 20.8 Å². The summed E-state index contributed by atoms with van der Waals surface area (Å²) >= 11 is 0. The molecule has 0 aliphatic carbocycles. The third kappa shape index (κ3) is 3.83. The van der Waals surface area contributed by atoms with Crippen LogP contribution >= 0.6 is 0 Å². The van der Waals surface area contributed by atoms with Crippen molar-refractivity contribution in [3.05, 3.63) is 41.2 Å². The van der Waals surface area contributed by atoms with Gasteiger partial charge in [0.25, 0.3) is 0 Å². The predicted molar refractivity (Wildman–Crippen MR) is 122 cm³/mol. The Kier molecular flexibility index (Phi) is 5.12. The summed E-state index contributed by atoms with van der Waals surface area (Å²) in [7, 11) is 1.66. The Morgan fingerprint density at radius 2 is 1.91 bits per heavy atom. The van der Waals surface area contributed by atoms with Crippen LogP contribution in [0.25, 0.3) is 5.65 Å². The summed E-state index contributed by atoms with van der Waals surface area (Å²) in [4.78, 5) is 7.38. The zero-order valence-electron chi connectivity index (χ0n) is 19.2. The number of aromatic nitrogens is 3. The van der Waals surface area contributed by atoms with Crippen LogP contribution in [0.2, 0.25) is 0 Å². The van der Waals surface area contributed by atoms with E-state index in [1.54, 1.807) is 11.6 Å². The fraction of sp³-hybridized carbons (Fsp3) is 0.500. The Morgan fingerprint density at radius 1 is 1.12 bits per heavy atom. The lowest BCUT2D eigenvalue weighted by Gasteiger charge is -2.32. The van der Waals surface area contributed by atoms with Gasteiger partial charge in [0.2, 0.25) is 12.5 Å². The van der Waals surface area contributed by atoms with Crippen molar-refractivity contribution < 1.29 is 14.2 Å². The summed E-state index contributed by atoms with van der Waals surface area (Å²) < 4.78 is 18.3. The maximum atomic E-state index is 6.34. The first-order valence-corrected chi connectivity index (χ1v) is 11.2. The molecule has 0 saturated carbocycles. The molecule has 8 heteroatoms. The molecule has 0 radical (unpaired) electrons. The van der Waals surface area contributed by atoms with Crippen molar-refractivity contribution in [3.8, 4) is 17.2 Å². The van der Waals surface area contributed by atoms with Crippen molar-refractivity contribution >= 4 is 11.5 Å². The first-order chi connectivity index (χ1) is 15.3. The van der Waals surface area contributed by atoms with Crippen LogP contribution in [0.15, 0.2) is 24.3 Å². The van der Waals surface area contributed by atoms with Gasteiger partial charge in [-0.3, -0.25) is 4.90 Å². The molecule has 2 aliphatic rings. The van der Waals surface area contributed by atoms with Crippen molar-refractivity contribution in [2.45, 2.75) is 51.5 Å². The van der Waals surface area contributed by atoms with Crippen molar-refractivity contribution in [1.82, 2.24) is 19.5 Å². The minimum atomic E-state index is -0.0386. The quantitative estimate of drug-likeness (QED) is 0.665. The van der Waals surface area contributed by atoms with E-state index < -0.39 is 0 Å². The van der Waals surface area contributed by atoms with Gasteiger partial charge in [-0.2, -0.15) is 9.61 Å². The van der Waals surface area contributed by atoms with E-state index in [2.05, 4.69) is 42.9 Å². The SMILES string of the molecule is COc1cc(CN2CCC(c3cc(N)n4nc(C(C)(C)C)cc4n3)CC2)cc2c1OCO2. The molecule has 2 N–H and O–H groups in total. The molecule has 1 aromatic carbocycles. The third-order valence-corrected chi connectivity index (χ3v) is 6.37. The van der Waals surface area contributed by atoms with Crippen LogP contribution < -0.4 is 19.9 Å². The maximum absolute atomic E-state index is 6.34. The van der Waals surface area contributed by atoms with Gasteiger partial charge in [-0.15, -0.1) is 0 Å². The number of hydrogen-bond donors (Lipinski definition) is 1. The number of benzene rings is 1. The molecule has 3 aromatic rings. The van der Waals surface area contributed by atoms with Gasteiger partial charge >= 0.3 is 0 Å². The molecule has 32 heavy (non-hydrogen) atoms. The van der Waals surface area contributed by atoms with E-state index in [0.717, 1.165) is 61.0 Å². The minimum absolute atomic E-state index is 0.0386. The molecule has 5 rings (SSSR count). The molecule has 0 amide bonds. The molecule has 0 atom stereocenters. The second kappa shape index (κ2) is 7.85. The van der Waals surface area contributed by atoms with Crippen molar-refractivity contribution in [2.24, 2.45) is 0 Å². The van der Waals surface area contributed by atoms with E-state index in [-0.39, 0.29) is 12.2 Å². The average molecular weight is 438 g/mol. The van der Waals surface area contributed by atoms with E-state index in [0.29, 0.717) is 17.5 Å². The van der Waals surface area contributed by atoms with Gasteiger partial charge in [0.05, 0.1) is 12.8 Å². The van der Waals surface area contributed by atoms with E-state index >= 15 is 0 Å². The van der Waals surface area contributed by atoms with Crippen LogP contribution in [-0.4, -0.2) is 46.5 Å². The number of ether oxygens (including phenoxy) is 3. The Labute approximate surface area is 188 Å². The number of likely N-dealkylation sites (tertiary alicyclic amines) is 1. The highest BCUT2D eigenvalue weighted by Crippen LogP contribution is 2.42. The molecular weight excluding hydrogens is 406 g/mol. The summed E-state index contributed by atoms with van der Waals surface area (Å²) in [5.41, 5.74) is 10.4. The summed E-state index contributed by atoms with van der Waals surface area (Å²) in [5, 5.41) is 4.66. The molecule has 0 bridgehead atoms. The normalized spacial score (nSPS) is 17.2. The van der Waals surface area contributed by atoms with Crippen LogP contribution in [0.5, 0.6) is 17.2 Å².